The number of hydrogen-bond donors (Lipinski definition) is 0. The van der Waals surface area contributed by atoms with Gasteiger partial charge in [-0.2, -0.15) is 5.10 Å². The molecule has 154 valence electrons. The molecule has 0 unspecified atom stereocenters. The van der Waals surface area contributed by atoms with Crippen LogP contribution in [0.1, 0.15) is 43.4 Å². The fourth-order valence-electron chi connectivity index (χ4n) is 4.98. The zero-order chi connectivity index (χ0) is 20.3. The summed E-state index contributed by atoms with van der Waals surface area (Å²) in [5, 5.41) is 7.24. The van der Waals surface area contributed by atoms with Crippen LogP contribution in [0.25, 0.3) is 0 Å². The minimum atomic E-state index is -0.525. The summed E-state index contributed by atoms with van der Waals surface area (Å²) in [5.41, 5.74) is 2.70. The first kappa shape index (κ1) is 17.6. The monoisotopic (exact) mass is 405 g/mol. The van der Waals surface area contributed by atoms with E-state index < -0.39 is 5.72 Å². The van der Waals surface area contributed by atoms with Crippen LogP contribution in [0.2, 0.25) is 0 Å². The topological polar surface area (TPSA) is 63.6 Å². The van der Waals surface area contributed by atoms with E-state index in [1.165, 1.54) is 0 Å². The summed E-state index contributed by atoms with van der Waals surface area (Å²) in [7, 11) is 0. The predicted octanol–water partition coefficient (Wildman–Crippen LogP) is 3.30. The quantitative estimate of drug-likeness (QED) is 0.729. The lowest BCUT2D eigenvalue weighted by atomic mass is 9.90. The van der Waals surface area contributed by atoms with Crippen LogP contribution in [-0.4, -0.2) is 47.1 Å². The highest BCUT2D eigenvalue weighted by Crippen LogP contribution is 2.50. The predicted molar refractivity (Wildman–Crippen MR) is 110 cm³/mol. The minimum absolute atomic E-state index is 0.114. The molecule has 2 aromatic carbocycles. The highest BCUT2D eigenvalue weighted by atomic mass is 16.7. The number of carbonyl (C=O) groups is 1. The third kappa shape index (κ3) is 2.57. The Kier molecular flexibility index (Phi) is 3.75. The molecule has 4 aliphatic heterocycles. The van der Waals surface area contributed by atoms with E-state index in [1.807, 2.05) is 35.2 Å². The summed E-state index contributed by atoms with van der Waals surface area (Å²) in [6, 6.07) is 14.4. The van der Waals surface area contributed by atoms with Crippen molar-refractivity contribution in [2.24, 2.45) is 5.10 Å². The Balaban J connectivity index is 1.39. The van der Waals surface area contributed by atoms with Crippen LogP contribution in [0.4, 0.5) is 0 Å². The maximum Gasteiger partial charge on any atom is 0.231 e. The molecule has 0 saturated carbocycles. The third-order valence-corrected chi connectivity index (χ3v) is 6.60. The van der Waals surface area contributed by atoms with Crippen molar-refractivity contribution in [2.75, 3.05) is 19.9 Å². The SMILES string of the molecule is CC(=O)N1CCC2(CC1)Oc1ccccc1[C@@H]1CC(c3ccc4c(c3)OCO4)=NN12. The molecule has 0 N–H and O–H groups in total. The fraction of sp³-hybridized carbons (Fsp3) is 0.391. The average Bonchev–Trinajstić information content (AvgIpc) is 3.41. The molecule has 1 spiro atoms. The number of hydrazone groups is 1. The molecule has 4 heterocycles. The summed E-state index contributed by atoms with van der Waals surface area (Å²) in [5.74, 6) is 2.58. The molecule has 4 aliphatic rings. The molecule has 0 aliphatic carbocycles. The van der Waals surface area contributed by atoms with Crippen molar-refractivity contribution in [1.29, 1.82) is 0 Å². The van der Waals surface area contributed by atoms with Gasteiger partial charge in [0.2, 0.25) is 18.4 Å². The van der Waals surface area contributed by atoms with Gasteiger partial charge < -0.3 is 19.1 Å². The lowest BCUT2D eigenvalue weighted by molar-refractivity contribution is -0.158. The number of nitrogens with zero attached hydrogens (tertiary/aromatic N) is 3. The van der Waals surface area contributed by atoms with Crippen LogP contribution in [0.3, 0.4) is 0 Å². The molecule has 1 amide bonds. The lowest BCUT2D eigenvalue weighted by Crippen LogP contribution is -2.59. The van der Waals surface area contributed by atoms with Crippen LogP contribution < -0.4 is 14.2 Å². The van der Waals surface area contributed by atoms with Crippen LogP contribution in [0.15, 0.2) is 47.6 Å². The zero-order valence-electron chi connectivity index (χ0n) is 16.8. The Bertz CT molecular complexity index is 1060. The fourth-order valence-corrected chi connectivity index (χ4v) is 4.98. The number of amides is 1. The molecule has 7 nitrogen and oxygen atoms in total. The molecular formula is C23H23N3O4. The third-order valence-electron chi connectivity index (χ3n) is 6.60. The number of hydrogen-bond acceptors (Lipinski definition) is 6. The van der Waals surface area contributed by atoms with Crippen molar-refractivity contribution < 1.29 is 19.0 Å². The molecule has 0 bridgehead atoms. The number of likely N-dealkylation sites (tertiary alicyclic amines) is 1. The number of para-hydroxylation sites is 1. The van der Waals surface area contributed by atoms with Crippen molar-refractivity contribution in [1.82, 2.24) is 9.91 Å². The highest BCUT2D eigenvalue weighted by molar-refractivity contribution is 6.02. The van der Waals surface area contributed by atoms with Crippen molar-refractivity contribution >= 4 is 11.6 Å². The van der Waals surface area contributed by atoms with Crippen LogP contribution in [0.5, 0.6) is 17.2 Å². The van der Waals surface area contributed by atoms with Crippen LogP contribution >= 0.6 is 0 Å². The second-order valence-corrected chi connectivity index (χ2v) is 8.27. The second-order valence-electron chi connectivity index (χ2n) is 8.27. The van der Waals surface area contributed by atoms with Crippen molar-refractivity contribution in [3.63, 3.8) is 0 Å². The van der Waals surface area contributed by atoms with Gasteiger partial charge in [-0.25, -0.2) is 5.01 Å². The smallest absolute Gasteiger partial charge is 0.231 e. The van der Waals surface area contributed by atoms with E-state index in [0.717, 1.165) is 53.3 Å². The number of rotatable bonds is 1. The maximum atomic E-state index is 11.8. The van der Waals surface area contributed by atoms with Gasteiger partial charge in [-0.3, -0.25) is 4.79 Å². The summed E-state index contributed by atoms with van der Waals surface area (Å²) in [6.45, 7) is 3.24. The molecular weight excluding hydrogens is 382 g/mol. The van der Waals surface area contributed by atoms with E-state index in [0.29, 0.717) is 13.1 Å². The van der Waals surface area contributed by atoms with Gasteiger partial charge >= 0.3 is 0 Å². The van der Waals surface area contributed by atoms with Gasteiger partial charge in [0.15, 0.2) is 11.5 Å². The number of ether oxygens (including phenoxy) is 3. The van der Waals surface area contributed by atoms with Crippen molar-refractivity contribution in [3.05, 3.63) is 53.6 Å². The molecule has 1 atom stereocenters. The normalized spacial score (nSPS) is 23.0. The number of carbonyl (C=O) groups excluding carboxylic acids is 1. The second kappa shape index (κ2) is 6.39. The molecule has 1 fully saturated rings. The summed E-state index contributed by atoms with van der Waals surface area (Å²) >= 11 is 0. The largest absolute Gasteiger partial charge is 0.466 e. The Morgan fingerprint density at radius 1 is 1.07 bits per heavy atom. The summed E-state index contributed by atoms with van der Waals surface area (Å²) < 4.78 is 17.6. The number of benzene rings is 2. The first-order valence-electron chi connectivity index (χ1n) is 10.4. The molecule has 30 heavy (non-hydrogen) atoms. The van der Waals surface area contributed by atoms with E-state index in [1.54, 1.807) is 6.92 Å². The van der Waals surface area contributed by atoms with Gasteiger partial charge in [0.1, 0.15) is 5.75 Å². The molecule has 0 radical (unpaired) electrons. The van der Waals surface area contributed by atoms with Gasteiger partial charge in [0.25, 0.3) is 0 Å². The van der Waals surface area contributed by atoms with Crippen molar-refractivity contribution in [3.8, 4) is 17.2 Å². The van der Waals surface area contributed by atoms with Gasteiger partial charge in [0, 0.05) is 50.4 Å². The van der Waals surface area contributed by atoms with Crippen molar-refractivity contribution in [2.45, 2.75) is 38.0 Å². The maximum absolute atomic E-state index is 11.8. The van der Waals surface area contributed by atoms with Gasteiger partial charge in [0.05, 0.1) is 11.8 Å². The Labute approximate surface area is 174 Å². The molecule has 7 heteroatoms. The Morgan fingerprint density at radius 2 is 1.87 bits per heavy atom. The van der Waals surface area contributed by atoms with Gasteiger partial charge in [-0.15, -0.1) is 0 Å². The van der Waals surface area contributed by atoms with Crippen LogP contribution in [0, 0.1) is 0 Å². The summed E-state index contributed by atoms with van der Waals surface area (Å²) in [6.07, 6.45) is 2.27. The molecule has 6 rings (SSSR count). The average molecular weight is 405 g/mol. The molecule has 2 aromatic rings. The van der Waals surface area contributed by atoms with E-state index in [4.69, 9.17) is 19.3 Å². The van der Waals surface area contributed by atoms with E-state index >= 15 is 0 Å². The molecule has 1 saturated heterocycles. The first-order chi connectivity index (χ1) is 14.6. The van der Waals surface area contributed by atoms with Gasteiger partial charge in [-0.05, 0) is 24.3 Å². The molecule has 0 aromatic heterocycles. The minimum Gasteiger partial charge on any atom is -0.466 e. The number of piperidine rings is 1. The zero-order valence-corrected chi connectivity index (χ0v) is 16.8. The first-order valence-corrected chi connectivity index (χ1v) is 10.4. The van der Waals surface area contributed by atoms with Gasteiger partial charge in [-0.1, -0.05) is 18.2 Å². The van der Waals surface area contributed by atoms with Crippen LogP contribution in [-0.2, 0) is 4.79 Å². The Morgan fingerprint density at radius 3 is 2.70 bits per heavy atom. The van der Waals surface area contributed by atoms with E-state index in [-0.39, 0.29) is 18.7 Å². The summed E-state index contributed by atoms with van der Waals surface area (Å²) in [4.78, 5) is 13.7. The van der Waals surface area contributed by atoms with E-state index in [2.05, 4.69) is 17.1 Å². The highest BCUT2D eigenvalue weighted by Gasteiger charge is 2.52. The van der Waals surface area contributed by atoms with E-state index in [9.17, 15) is 4.79 Å². The number of fused-ring (bicyclic) bond motifs is 5. The lowest BCUT2D eigenvalue weighted by Gasteiger charge is -2.51. The standard InChI is InChI=1S/C23H23N3O4/c1-15(27)25-10-8-23(9-11-25)26-19(17-4-2-3-5-20(17)30-23)13-18(24-26)16-6-7-21-22(12-16)29-14-28-21/h2-7,12,19H,8-11,13-14H2,1H3/t19-/m0/s1. The Hall–Kier alpha value is -3.22.